The van der Waals surface area contributed by atoms with E-state index in [1.807, 2.05) is 31.2 Å². The summed E-state index contributed by atoms with van der Waals surface area (Å²) in [6, 6.07) is 8.96. The molecule has 2 rings (SSSR count). The zero-order chi connectivity index (χ0) is 16.1. The highest BCUT2D eigenvalue weighted by atomic mass is 32.1. The maximum Gasteiger partial charge on any atom is 0.336 e. The van der Waals surface area contributed by atoms with Crippen LogP contribution in [0.15, 0.2) is 35.7 Å². The zero-order valence-corrected chi connectivity index (χ0v) is 13.1. The number of ether oxygens (including phenoxy) is 1. The third-order valence-corrected chi connectivity index (χ3v) is 4.19. The SMILES string of the molecule is COC(C)c1ccc(NC(=O)Cc2cc(C(=O)O)cs2)cc1. The van der Waals surface area contributed by atoms with E-state index in [0.717, 1.165) is 10.4 Å². The van der Waals surface area contributed by atoms with Gasteiger partial charge in [0.05, 0.1) is 18.1 Å². The van der Waals surface area contributed by atoms with Crippen molar-refractivity contribution in [3.63, 3.8) is 0 Å². The molecule has 6 heteroatoms. The first kappa shape index (κ1) is 16.2. The molecule has 0 spiro atoms. The highest BCUT2D eigenvalue weighted by molar-refractivity contribution is 7.10. The molecule has 0 fully saturated rings. The summed E-state index contributed by atoms with van der Waals surface area (Å²) in [5.41, 5.74) is 1.95. The number of aromatic carboxylic acids is 1. The number of thiophene rings is 1. The Balaban J connectivity index is 1.95. The van der Waals surface area contributed by atoms with E-state index < -0.39 is 5.97 Å². The van der Waals surface area contributed by atoms with Crippen LogP contribution in [-0.2, 0) is 16.0 Å². The largest absolute Gasteiger partial charge is 0.478 e. The van der Waals surface area contributed by atoms with Crippen molar-refractivity contribution in [1.82, 2.24) is 0 Å². The molecule has 0 saturated heterocycles. The summed E-state index contributed by atoms with van der Waals surface area (Å²) >= 11 is 1.27. The molecule has 0 saturated carbocycles. The Hall–Kier alpha value is -2.18. The first-order chi connectivity index (χ1) is 10.5. The number of amides is 1. The number of carbonyl (C=O) groups excluding carboxylic acids is 1. The monoisotopic (exact) mass is 319 g/mol. The van der Waals surface area contributed by atoms with Crippen LogP contribution in [0.4, 0.5) is 5.69 Å². The second-order valence-electron chi connectivity index (χ2n) is 4.83. The molecule has 1 unspecified atom stereocenters. The smallest absolute Gasteiger partial charge is 0.336 e. The highest BCUT2D eigenvalue weighted by Gasteiger charge is 2.10. The summed E-state index contributed by atoms with van der Waals surface area (Å²) < 4.78 is 5.22. The summed E-state index contributed by atoms with van der Waals surface area (Å²) in [6.07, 6.45) is 0.166. The number of anilines is 1. The van der Waals surface area contributed by atoms with Crippen molar-refractivity contribution in [2.24, 2.45) is 0 Å². The minimum Gasteiger partial charge on any atom is -0.478 e. The lowest BCUT2D eigenvalue weighted by Gasteiger charge is -2.10. The van der Waals surface area contributed by atoms with Gasteiger partial charge in [0.25, 0.3) is 0 Å². The van der Waals surface area contributed by atoms with Crippen LogP contribution in [-0.4, -0.2) is 24.1 Å². The normalized spacial score (nSPS) is 11.9. The maximum atomic E-state index is 12.0. The molecule has 0 radical (unpaired) electrons. The first-order valence-corrected chi connectivity index (χ1v) is 7.61. The molecule has 0 aliphatic carbocycles. The van der Waals surface area contributed by atoms with Crippen molar-refractivity contribution in [3.05, 3.63) is 51.7 Å². The maximum absolute atomic E-state index is 12.0. The molecule has 22 heavy (non-hydrogen) atoms. The van der Waals surface area contributed by atoms with Gasteiger partial charge in [-0.15, -0.1) is 11.3 Å². The Morgan fingerprint density at radius 2 is 2.00 bits per heavy atom. The standard InChI is InChI=1S/C16H17NO4S/c1-10(21-2)11-3-5-13(6-4-11)17-15(18)8-14-7-12(9-22-14)16(19)20/h3-7,9-10H,8H2,1-2H3,(H,17,18)(H,19,20). The lowest BCUT2D eigenvalue weighted by atomic mass is 10.1. The van der Waals surface area contributed by atoms with E-state index in [1.54, 1.807) is 7.11 Å². The quantitative estimate of drug-likeness (QED) is 0.856. The van der Waals surface area contributed by atoms with Crippen molar-refractivity contribution in [1.29, 1.82) is 0 Å². The van der Waals surface area contributed by atoms with Crippen molar-refractivity contribution >= 4 is 28.9 Å². The average Bonchev–Trinajstić information content (AvgIpc) is 2.95. The number of hydrogen-bond donors (Lipinski definition) is 2. The predicted octanol–water partition coefficient (Wildman–Crippen LogP) is 3.33. The lowest BCUT2D eigenvalue weighted by molar-refractivity contribution is -0.115. The fourth-order valence-electron chi connectivity index (χ4n) is 1.92. The van der Waals surface area contributed by atoms with Gasteiger partial charge in [0.15, 0.2) is 0 Å². The van der Waals surface area contributed by atoms with E-state index in [4.69, 9.17) is 9.84 Å². The van der Waals surface area contributed by atoms with Gasteiger partial charge in [0.2, 0.25) is 5.91 Å². The fraction of sp³-hybridized carbons (Fsp3) is 0.250. The first-order valence-electron chi connectivity index (χ1n) is 6.73. The number of benzene rings is 1. The molecular weight excluding hydrogens is 302 g/mol. The number of carbonyl (C=O) groups is 2. The molecule has 1 amide bonds. The number of rotatable bonds is 6. The summed E-state index contributed by atoms with van der Waals surface area (Å²) in [4.78, 5) is 23.5. The van der Waals surface area contributed by atoms with Crippen molar-refractivity contribution < 1.29 is 19.4 Å². The molecule has 2 aromatic rings. The molecule has 0 bridgehead atoms. The number of methoxy groups -OCH3 is 1. The Bertz CT molecular complexity index is 663. The average molecular weight is 319 g/mol. The minimum atomic E-state index is -0.981. The van der Waals surface area contributed by atoms with Crippen LogP contribution in [0.25, 0.3) is 0 Å². The van der Waals surface area contributed by atoms with Gasteiger partial charge < -0.3 is 15.2 Å². The van der Waals surface area contributed by atoms with E-state index in [2.05, 4.69) is 5.32 Å². The molecule has 1 aromatic carbocycles. The van der Waals surface area contributed by atoms with E-state index in [9.17, 15) is 9.59 Å². The molecule has 1 atom stereocenters. The predicted molar refractivity (Wildman–Crippen MR) is 85.5 cm³/mol. The minimum absolute atomic E-state index is 0.00492. The van der Waals surface area contributed by atoms with E-state index in [1.165, 1.54) is 22.8 Å². The molecule has 0 aliphatic rings. The van der Waals surface area contributed by atoms with Crippen LogP contribution in [0, 0.1) is 0 Å². The third kappa shape index (κ3) is 4.16. The van der Waals surface area contributed by atoms with Crippen molar-refractivity contribution in [2.75, 3.05) is 12.4 Å². The molecule has 1 heterocycles. The van der Waals surface area contributed by atoms with Crippen LogP contribution in [0.1, 0.15) is 33.8 Å². The van der Waals surface area contributed by atoms with Gasteiger partial charge in [0, 0.05) is 23.1 Å². The molecular formula is C16H17NO4S. The highest BCUT2D eigenvalue weighted by Crippen LogP contribution is 2.19. The van der Waals surface area contributed by atoms with Gasteiger partial charge in [-0.1, -0.05) is 12.1 Å². The van der Waals surface area contributed by atoms with Gasteiger partial charge in [-0.25, -0.2) is 4.79 Å². The molecule has 0 aliphatic heterocycles. The summed E-state index contributed by atoms with van der Waals surface area (Å²) in [5.74, 6) is -1.16. The van der Waals surface area contributed by atoms with Gasteiger partial charge in [-0.3, -0.25) is 4.79 Å². The van der Waals surface area contributed by atoms with Gasteiger partial charge in [-0.05, 0) is 30.7 Å². The van der Waals surface area contributed by atoms with Crippen LogP contribution < -0.4 is 5.32 Å². The van der Waals surface area contributed by atoms with Crippen LogP contribution in [0.2, 0.25) is 0 Å². The molecule has 2 N–H and O–H groups in total. The fourth-order valence-corrected chi connectivity index (χ4v) is 2.78. The Morgan fingerprint density at radius 1 is 1.32 bits per heavy atom. The van der Waals surface area contributed by atoms with Gasteiger partial charge >= 0.3 is 5.97 Å². The Morgan fingerprint density at radius 3 is 2.55 bits per heavy atom. The lowest BCUT2D eigenvalue weighted by Crippen LogP contribution is -2.13. The van der Waals surface area contributed by atoms with Gasteiger partial charge in [-0.2, -0.15) is 0 Å². The van der Waals surface area contributed by atoms with Crippen molar-refractivity contribution in [3.8, 4) is 0 Å². The van der Waals surface area contributed by atoms with Crippen molar-refractivity contribution in [2.45, 2.75) is 19.4 Å². The number of hydrogen-bond acceptors (Lipinski definition) is 4. The second kappa shape index (κ2) is 7.20. The van der Waals surface area contributed by atoms with E-state index in [0.29, 0.717) is 5.69 Å². The molecule has 116 valence electrons. The number of nitrogens with one attached hydrogen (secondary N) is 1. The van der Waals surface area contributed by atoms with E-state index >= 15 is 0 Å². The summed E-state index contributed by atoms with van der Waals surface area (Å²) in [6.45, 7) is 1.95. The zero-order valence-electron chi connectivity index (χ0n) is 12.3. The topological polar surface area (TPSA) is 75.6 Å². The number of carboxylic acids is 1. The summed E-state index contributed by atoms with van der Waals surface area (Å²) in [5, 5.41) is 13.2. The third-order valence-electron chi connectivity index (χ3n) is 3.25. The molecule has 5 nitrogen and oxygen atoms in total. The van der Waals surface area contributed by atoms with Crippen LogP contribution in [0.3, 0.4) is 0 Å². The summed E-state index contributed by atoms with van der Waals surface area (Å²) in [7, 11) is 1.65. The number of carboxylic acid groups (broad SMARTS) is 1. The Labute approximate surface area is 132 Å². The Kier molecular flexibility index (Phi) is 5.30. The van der Waals surface area contributed by atoms with Crippen LogP contribution >= 0.6 is 11.3 Å². The van der Waals surface area contributed by atoms with E-state index in [-0.39, 0.29) is 24.0 Å². The van der Waals surface area contributed by atoms with Gasteiger partial charge in [0.1, 0.15) is 0 Å². The second-order valence-corrected chi connectivity index (χ2v) is 5.83. The molecule has 1 aromatic heterocycles. The van der Waals surface area contributed by atoms with Crippen LogP contribution in [0.5, 0.6) is 0 Å².